The van der Waals surface area contributed by atoms with Crippen molar-refractivity contribution in [2.24, 2.45) is 0 Å². The minimum atomic E-state index is -0.418. The average Bonchev–Trinajstić information content (AvgIpc) is 2.43. The average molecular weight is 299 g/mol. The number of aromatic nitrogens is 2. The van der Waals surface area contributed by atoms with Crippen LogP contribution in [0.5, 0.6) is 11.5 Å². The number of carbonyl (C=O) groups excluding carboxylic acids is 1. The fourth-order valence-electron chi connectivity index (χ4n) is 1.31. The predicted molar refractivity (Wildman–Crippen MR) is 69.9 cm³/mol. The van der Waals surface area contributed by atoms with Gasteiger partial charge in [0.1, 0.15) is 5.75 Å². The summed E-state index contributed by atoms with van der Waals surface area (Å²) in [6.45, 7) is 0. The van der Waals surface area contributed by atoms with Crippen molar-refractivity contribution < 1.29 is 14.3 Å². The van der Waals surface area contributed by atoms with Crippen molar-refractivity contribution >= 4 is 29.2 Å². The van der Waals surface area contributed by atoms with Crippen LogP contribution in [0.4, 0.5) is 0 Å². The summed E-state index contributed by atoms with van der Waals surface area (Å²) in [7, 11) is 1.32. The number of hydrogen-bond acceptors (Lipinski definition) is 5. The van der Waals surface area contributed by atoms with Crippen LogP contribution in [0.2, 0.25) is 10.3 Å². The molecule has 0 saturated heterocycles. The van der Waals surface area contributed by atoms with Crippen LogP contribution in [-0.4, -0.2) is 23.3 Å². The van der Waals surface area contributed by atoms with E-state index in [1.54, 1.807) is 24.3 Å². The molecule has 0 N–H and O–H groups in total. The van der Waals surface area contributed by atoms with Crippen LogP contribution >= 0.6 is 23.2 Å². The fraction of sp³-hybridized carbons (Fsp3) is 0.0833. The quantitative estimate of drug-likeness (QED) is 0.813. The first-order valence-corrected chi connectivity index (χ1v) is 5.90. The summed E-state index contributed by atoms with van der Waals surface area (Å²) in [4.78, 5) is 11.3. The van der Waals surface area contributed by atoms with Crippen molar-refractivity contribution in [1.29, 1.82) is 0 Å². The van der Waals surface area contributed by atoms with Gasteiger partial charge in [-0.15, -0.1) is 10.2 Å². The maximum Gasteiger partial charge on any atom is 0.337 e. The Kier molecular flexibility index (Phi) is 4.19. The van der Waals surface area contributed by atoms with Crippen molar-refractivity contribution in [1.82, 2.24) is 10.2 Å². The monoisotopic (exact) mass is 298 g/mol. The summed E-state index contributed by atoms with van der Waals surface area (Å²) < 4.78 is 10.1. The summed E-state index contributed by atoms with van der Waals surface area (Å²) in [6.07, 6.45) is 0. The van der Waals surface area contributed by atoms with E-state index in [4.69, 9.17) is 27.9 Å². The lowest BCUT2D eigenvalue weighted by Crippen LogP contribution is -2.00. The molecular formula is C12H8Cl2N2O3. The Morgan fingerprint density at radius 1 is 1.16 bits per heavy atom. The minimum absolute atomic E-state index is 0.0986. The SMILES string of the molecule is COC(=O)c1ccc(Oc2cc(Cl)nnc2Cl)cc1. The highest BCUT2D eigenvalue weighted by atomic mass is 35.5. The second-order valence-corrected chi connectivity index (χ2v) is 4.19. The number of halogens is 2. The van der Waals surface area contributed by atoms with E-state index in [1.165, 1.54) is 13.2 Å². The molecule has 1 heterocycles. The van der Waals surface area contributed by atoms with Gasteiger partial charge in [0.25, 0.3) is 0 Å². The number of nitrogens with zero attached hydrogens (tertiary/aromatic N) is 2. The molecule has 19 heavy (non-hydrogen) atoms. The van der Waals surface area contributed by atoms with Crippen molar-refractivity contribution in [3.05, 3.63) is 46.2 Å². The lowest BCUT2D eigenvalue weighted by Gasteiger charge is -2.07. The molecule has 2 aromatic rings. The van der Waals surface area contributed by atoms with Gasteiger partial charge in [-0.1, -0.05) is 23.2 Å². The van der Waals surface area contributed by atoms with Crippen molar-refractivity contribution in [3.8, 4) is 11.5 Å². The van der Waals surface area contributed by atoms with Gasteiger partial charge in [0.05, 0.1) is 12.7 Å². The first-order valence-electron chi connectivity index (χ1n) is 5.15. The van der Waals surface area contributed by atoms with Gasteiger partial charge < -0.3 is 9.47 Å². The molecule has 0 spiro atoms. The summed E-state index contributed by atoms with van der Waals surface area (Å²) in [5.74, 6) is 0.351. The third kappa shape index (κ3) is 3.33. The molecule has 1 aromatic carbocycles. The zero-order valence-electron chi connectivity index (χ0n) is 9.76. The third-order valence-electron chi connectivity index (χ3n) is 2.19. The van der Waals surface area contributed by atoms with E-state index in [1.807, 2.05) is 0 Å². The van der Waals surface area contributed by atoms with E-state index in [-0.39, 0.29) is 16.1 Å². The van der Waals surface area contributed by atoms with E-state index in [0.717, 1.165) is 0 Å². The van der Waals surface area contributed by atoms with E-state index in [9.17, 15) is 4.79 Å². The molecule has 0 aliphatic rings. The molecule has 98 valence electrons. The van der Waals surface area contributed by atoms with Crippen LogP contribution in [0.3, 0.4) is 0 Å². The molecule has 5 nitrogen and oxygen atoms in total. The number of carbonyl (C=O) groups is 1. The molecule has 7 heteroatoms. The van der Waals surface area contributed by atoms with Gasteiger partial charge in [-0.25, -0.2) is 4.79 Å². The van der Waals surface area contributed by atoms with Crippen molar-refractivity contribution in [2.45, 2.75) is 0 Å². The van der Waals surface area contributed by atoms with Crippen LogP contribution in [0.25, 0.3) is 0 Å². The minimum Gasteiger partial charge on any atom is -0.465 e. The van der Waals surface area contributed by atoms with E-state index < -0.39 is 5.97 Å². The van der Waals surface area contributed by atoms with Crippen molar-refractivity contribution in [3.63, 3.8) is 0 Å². The Hall–Kier alpha value is -1.85. The van der Waals surface area contributed by atoms with Crippen LogP contribution in [0.15, 0.2) is 30.3 Å². The van der Waals surface area contributed by atoms with Crippen LogP contribution < -0.4 is 4.74 Å². The predicted octanol–water partition coefficient (Wildman–Crippen LogP) is 3.36. The second kappa shape index (κ2) is 5.86. The molecule has 2 rings (SSSR count). The maximum atomic E-state index is 11.3. The molecule has 1 aromatic heterocycles. The number of benzene rings is 1. The Labute approximate surface area is 119 Å². The Morgan fingerprint density at radius 2 is 1.84 bits per heavy atom. The Balaban J connectivity index is 2.19. The van der Waals surface area contributed by atoms with Gasteiger partial charge in [0.15, 0.2) is 16.1 Å². The van der Waals surface area contributed by atoms with Crippen LogP contribution in [0.1, 0.15) is 10.4 Å². The highest BCUT2D eigenvalue weighted by molar-refractivity contribution is 6.32. The van der Waals surface area contributed by atoms with Gasteiger partial charge in [0.2, 0.25) is 0 Å². The number of methoxy groups -OCH3 is 1. The highest BCUT2D eigenvalue weighted by Gasteiger charge is 2.08. The Morgan fingerprint density at radius 3 is 2.47 bits per heavy atom. The first-order chi connectivity index (χ1) is 9.10. The molecule has 0 fully saturated rings. The van der Waals surface area contributed by atoms with Crippen LogP contribution in [0, 0.1) is 0 Å². The lowest BCUT2D eigenvalue weighted by molar-refractivity contribution is 0.0600. The summed E-state index contributed by atoms with van der Waals surface area (Å²) in [5, 5.41) is 7.46. The summed E-state index contributed by atoms with van der Waals surface area (Å²) in [6, 6.07) is 7.82. The molecule has 0 amide bonds. The van der Waals surface area contributed by atoms with Gasteiger partial charge in [-0.3, -0.25) is 0 Å². The molecule has 0 unspecified atom stereocenters. The zero-order valence-corrected chi connectivity index (χ0v) is 11.3. The van der Waals surface area contributed by atoms with Gasteiger partial charge >= 0.3 is 5.97 Å². The summed E-state index contributed by atoms with van der Waals surface area (Å²) in [5.41, 5.74) is 0.423. The number of ether oxygens (including phenoxy) is 2. The van der Waals surface area contributed by atoms with E-state index >= 15 is 0 Å². The molecular weight excluding hydrogens is 291 g/mol. The van der Waals surface area contributed by atoms with Crippen LogP contribution in [-0.2, 0) is 4.74 Å². The maximum absolute atomic E-state index is 11.3. The Bertz CT molecular complexity index is 602. The highest BCUT2D eigenvalue weighted by Crippen LogP contribution is 2.28. The molecule has 0 radical (unpaired) electrons. The van der Waals surface area contributed by atoms with Crippen molar-refractivity contribution in [2.75, 3.05) is 7.11 Å². The topological polar surface area (TPSA) is 61.3 Å². The van der Waals surface area contributed by atoms with E-state index in [0.29, 0.717) is 11.3 Å². The molecule has 0 atom stereocenters. The smallest absolute Gasteiger partial charge is 0.337 e. The number of hydrogen-bond donors (Lipinski definition) is 0. The second-order valence-electron chi connectivity index (χ2n) is 3.44. The zero-order chi connectivity index (χ0) is 13.8. The number of rotatable bonds is 3. The molecule has 0 saturated carbocycles. The normalized spacial score (nSPS) is 10.1. The first kappa shape index (κ1) is 13.6. The standard InChI is InChI=1S/C12H8Cl2N2O3/c1-18-12(17)7-2-4-8(5-3-7)19-9-6-10(13)15-16-11(9)14/h2-6H,1H3. The number of esters is 1. The lowest BCUT2D eigenvalue weighted by atomic mass is 10.2. The van der Waals surface area contributed by atoms with E-state index in [2.05, 4.69) is 14.9 Å². The fourth-order valence-corrected chi connectivity index (χ4v) is 1.58. The molecule has 0 bridgehead atoms. The molecule has 0 aliphatic heterocycles. The third-order valence-corrected chi connectivity index (χ3v) is 2.64. The molecule has 0 aliphatic carbocycles. The largest absolute Gasteiger partial charge is 0.465 e. The van der Waals surface area contributed by atoms with Gasteiger partial charge in [-0.2, -0.15) is 0 Å². The van der Waals surface area contributed by atoms with Gasteiger partial charge in [-0.05, 0) is 24.3 Å². The van der Waals surface area contributed by atoms with Gasteiger partial charge in [0, 0.05) is 6.07 Å². The summed E-state index contributed by atoms with van der Waals surface area (Å²) >= 11 is 11.5.